The van der Waals surface area contributed by atoms with Crippen molar-refractivity contribution in [1.29, 1.82) is 0 Å². The minimum Gasteiger partial charge on any atom is -0.353 e. The first-order valence-corrected chi connectivity index (χ1v) is 9.38. The zero-order valence-corrected chi connectivity index (χ0v) is 13.9. The molecule has 0 radical (unpaired) electrons. The summed E-state index contributed by atoms with van der Waals surface area (Å²) < 4.78 is 40.4. The standard InChI is InChI=1S/C16H21FN2O3S/c1-11-4-7-14(9-15(11)17)23(21,22)19-8-2-3-12(10-19)16(20)18-13-5-6-13/h4,7,9,12-13H,2-3,5-6,8,10H2,1H3,(H,18,20)/t12-/m0/s1. The molecule has 2 aliphatic rings. The van der Waals surface area contributed by atoms with Crippen molar-refractivity contribution in [3.05, 3.63) is 29.6 Å². The fourth-order valence-corrected chi connectivity index (χ4v) is 4.34. The molecule has 0 aromatic heterocycles. The molecule has 1 atom stereocenters. The van der Waals surface area contributed by atoms with Gasteiger partial charge in [-0.15, -0.1) is 0 Å². The van der Waals surface area contributed by atoms with E-state index in [0.717, 1.165) is 18.9 Å². The SMILES string of the molecule is Cc1ccc(S(=O)(=O)N2CCC[C@H](C(=O)NC3CC3)C2)cc1F. The predicted octanol–water partition coefficient (Wildman–Crippen LogP) is 1.81. The van der Waals surface area contributed by atoms with Crippen LogP contribution in [0.1, 0.15) is 31.2 Å². The van der Waals surface area contributed by atoms with E-state index >= 15 is 0 Å². The lowest BCUT2D eigenvalue weighted by Gasteiger charge is -2.31. The van der Waals surface area contributed by atoms with Crippen molar-refractivity contribution < 1.29 is 17.6 Å². The Bertz CT molecular complexity index is 716. The first kappa shape index (κ1) is 16.4. The summed E-state index contributed by atoms with van der Waals surface area (Å²) in [6, 6.07) is 4.20. The highest BCUT2D eigenvalue weighted by atomic mass is 32.2. The number of piperidine rings is 1. The zero-order chi connectivity index (χ0) is 16.6. The van der Waals surface area contributed by atoms with E-state index < -0.39 is 15.8 Å². The lowest BCUT2D eigenvalue weighted by atomic mass is 9.99. The Hall–Kier alpha value is -1.47. The third-order valence-electron chi connectivity index (χ3n) is 4.46. The topological polar surface area (TPSA) is 66.5 Å². The van der Waals surface area contributed by atoms with Crippen molar-refractivity contribution in [3.63, 3.8) is 0 Å². The van der Waals surface area contributed by atoms with E-state index in [2.05, 4.69) is 5.32 Å². The summed E-state index contributed by atoms with van der Waals surface area (Å²) in [5.74, 6) is -0.928. The first-order valence-electron chi connectivity index (χ1n) is 7.94. The molecule has 1 heterocycles. The van der Waals surface area contributed by atoms with E-state index in [1.165, 1.54) is 16.4 Å². The van der Waals surface area contributed by atoms with Gasteiger partial charge in [0.05, 0.1) is 10.8 Å². The average Bonchev–Trinajstić information content (AvgIpc) is 3.34. The predicted molar refractivity (Wildman–Crippen MR) is 83.8 cm³/mol. The van der Waals surface area contributed by atoms with E-state index in [1.54, 1.807) is 6.92 Å². The van der Waals surface area contributed by atoms with Crippen molar-refractivity contribution >= 4 is 15.9 Å². The largest absolute Gasteiger partial charge is 0.353 e. The maximum atomic E-state index is 13.7. The Morgan fingerprint density at radius 3 is 2.70 bits per heavy atom. The highest BCUT2D eigenvalue weighted by molar-refractivity contribution is 7.89. The second-order valence-electron chi connectivity index (χ2n) is 6.40. The van der Waals surface area contributed by atoms with Crippen molar-refractivity contribution in [2.75, 3.05) is 13.1 Å². The van der Waals surface area contributed by atoms with Gasteiger partial charge in [-0.2, -0.15) is 4.31 Å². The van der Waals surface area contributed by atoms with Crippen molar-refractivity contribution in [1.82, 2.24) is 9.62 Å². The van der Waals surface area contributed by atoms with E-state index in [9.17, 15) is 17.6 Å². The van der Waals surface area contributed by atoms with Crippen LogP contribution in [0.25, 0.3) is 0 Å². The molecular weight excluding hydrogens is 319 g/mol. The Kier molecular flexibility index (Phi) is 4.42. The summed E-state index contributed by atoms with van der Waals surface area (Å²) in [4.78, 5) is 12.1. The van der Waals surface area contributed by atoms with Crippen LogP contribution in [-0.4, -0.2) is 37.8 Å². The number of aryl methyl sites for hydroxylation is 1. The minimum absolute atomic E-state index is 0.0520. The van der Waals surface area contributed by atoms with Gasteiger partial charge in [0.2, 0.25) is 15.9 Å². The number of amides is 1. The smallest absolute Gasteiger partial charge is 0.243 e. The lowest BCUT2D eigenvalue weighted by Crippen LogP contribution is -2.45. The normalized spacial score (nSPS) is 22.8. The summed E-state index contributed by atoms with van der Waals surface area (Å²) in [6.07, 6.45) is 3.33. The van der Waals surface area contributed by atoms with Gasteiger partial charge in [-0.05, 0) is 50.3 Å². The van der Waals surface area contributed by atoms with E-state index in [1.807, 2.05) is 0 Å². The number of carbonyl (C=O) groups is 1. The molecule has 1 aromatic carbocycles. The molecule has 1 aromatic rings. The second-order valence-corrected chi connectivity index (χ2v) is 8.33. The summed E-state index contributed by atoms with van der Waals surface area (Å²) >= 11 is 0. The fourth-order valence-electron chi connectivity index (χ4n) is 2.80. The van der Waals surface area contributed by atoms with Crippen LogP contribution in [-0.2, 0) is 14.8 Å². The third-order valence-corrected chi connectivity index (χ3v) is 6.32. The van der Waals surface area contributed by atoms with Crippen LogP contribution in [0, 0.1) is 18.7 Å². The van der Waals surface area contributed by atoms with Crippen molar-refractivity contribution in [3.8, 4) is 0 Å². The summed E-state index contributed by atoms with van der Waals surface area (Å²) in [7, 11) is -3.77. The summed E-state index contributed by atoms with van der Waals surface area (Å²) in [5.41, 5.74) is 0.407. The van der Waals surface area contributed by atoms with Crippen LogP contribution >= 0.6 is 0 Å². The Balaban J connectivity index is 1.75. The Morgan fingerprint density at radius 2 is 2.04 bits per heavy atom. The molecule has 1 N–H and O–H groups in total. The highest BCUT2D eigenvalue weighted by Gasteiger charge is 2.35. The molecule has 1 aliphatic heterocycles. The monoisotopic (exact) mass is 340 g/mol. The molecule has 1 amide bonds. The number of halogens is 1. The van der Waals surface area contributed by atoms with Gasteiger partial charge in [0.25, 0.3) is 0 Å². The van der Waals surface area contributed by atoms with E-state index in [4.69, 9.17) is 0 Å². The molecule has 126 valence electrons. The van der Waals surface area contributed by atoms with Gasteiger partial charge in [-0.25, -0.2) is 12.8 Å². The van der Waals surface area contributed by atoms with Crippen LogP contribution < -0.4 is 5.32 Å². The number of carbonyl (C=O) groups excluding carboxylic acids is 1. The molecule has 5 nitrogen and oxygen atoms in total. The molecule has 23 heavy (non-hydrogen) atoms. The van der Waals surface area contributed by atoms with Gasteiger partial charge >= 0.3 is 0 Å². The number of sulfonamides is 1. The fraction of sp³-hybridized carbons (Fsp3) is 0.562. The first-order chi connectivity index (χ1) is 10.9. The van der Waals surface area contributed by atoms with Gasteiger partial charge in [0, 0.05) is 19.1 Å². The second kappa shape index (κ2) is 6.20. The maximum absolute atomic E-state index is 13.7. The highest BCUT2D eigenvalue weighted by Crippen LogP contribution is 2.26. The maximum Gasteiger partial charge on any atom is 0.243 e. The van der Waals surface area contributed by atoms with Crippen molar-refractivity contribution in [2.24, 2.45) is 5.92 Å². The number of benzene rings is 1. The van der Waals surface area contributed by atoms with Crippen LogP contribution in [0.4, 0.5) is 4.39 Å². The molecule has 0 bridgehead atoms. The Labute approximate surface area is 135 Å². The Morgan fingerprint density at radius 1 is 1.30 bits per heavy atom. The summed E-state index contributed by atoms with van der Waals surface area (Å²) in [6.45, 7) is 2.12. The number of hydrogen-bond acceptors (Lipinski definition) is 3. The number of rotatable bonds is 4. The minimum atomic E-state index is -3.77. The van der Waals surface area contributed by atoms with E-state index in [0.29, 0.717) is 24.9 Å². The van der Waals surface area contributed by atoms with Gasteiger partial charge < -0.3 is 5.32 Å². The molecule has 1 saturated carbocycles. The number of hydrogen-bond donors (Lipinski definition) is 1. The molecular formula is C16H21FN2O3S. The van der Waals surface area contributed by atoms with Crippen LogP contribution in [0.5, 0.6) is 0 Å². The summed E-state index contributed by atoms with van der Waals surface area (Å²) in [5, 5.41) is 2.93. The molecule has 0 spiro atoms. The number of nitrogens with zero attached hydrogens (tertiary/aromatic N) is 1. The van der Waals surface area contributed by atoms with E-state index in [-0.39, 0.29) is 29.3 Å². The van der Waals surface area contributed by atoms with Gasteiger partial charge in [0.15, 0.2) is 0 Å². The quantitative estimate of drug-likeness (QED) is 0.909. The molecule has 3 rings (SSSR count). The van der Waals surface area contributed by atoms with Crippen molar-refractivity contribution in [2.45, 2.75) is 43.5 Å². The molecule has 2 fully saturated rings. The lowest BCUT2D eigenvalue weighted by molar-refractivity contribution is -0.126. The number of nitrogens with one attached hydrogen (secondary N) is 1. The van der Waals surface area contributed by atoms with Gasteiger partial charge in [0.1, 0.15) is 5.82 Å². The molecule has 7 heteroatoms. The van der Waals surface area contributed by atoms with Crippen LogP contribution in [0.3, 0.4) is 0 Å². The van der Waals surface area contributed by atoms with Gasteiger partial charge in [-0.1, -0.05) is 6.07 Å². The molecule has 1 saturated heterocycles. The van der Waals surface area contributed by atoms with Crippen LogP contribution in [0.15, 0.2) is 23.1 Å². The van der Waals surface area contributed by atoms with Crippen LogP contribution in [0.2, 0.25) is 0 Å². The third kappa shape index (κ3) is 3.55. The zero-order valence-electron chi connectivity index (χ0n) is 13.1. The molecule has 0 unspecified atom stereocenters. The molecule has 1 aliphatic carbocycles. The average molecular weight is 340 g/mol. The van der Waals surface area contributed by atoms with Gasteiger partial charge in [-0.3, -0.25) is 4.79 Å².